The van der Waals surface area contributed by atoms with E-state index in [1.54, 1.807) is 12.1 Å². The molecule has 0 N–H and O–H groups in total. The maximum atomic E-state index is 12.8. The summed E-state index contributed by atoms with van der Waals surface area (Å²) in [5.74, 6) is 0. The van der Waals surface area contributed by atoms with Crippen LogP contribution in [0.1, 0.15) is 0 Å². The molecule has 1 fully saturated rings. The average molecular weight is 446 g/mol. The molecule has 1 saturated heterocycles. The number of benzene rings is 2. The van der Waals surface area contributed by atoms with Crippen LogP contribution in [-0.2, 0) is 20.0 Å². The molecule has 0 saturated carbocycles. The molecule has 1 aliphatic rings. The summed E-state index contributed by atoms with van der Waals surface area (Å²) in [7, 11) is -8.01. The summed E-state index contributed by atoms with van der Waals surface area (Å²) in [5, 5.41) is 11.2. The van der Waals surface area contributed by atoms with Crippen molar-refractivity contribution in [2.45, 2.75) is 9.79 Å². The SMILES string of the molecule is O=[N+]([O-])c1ccccc1S(=O)(=O)N1CCN(S(=O)(=O)c2ccccc2Cl)CC1. The first-order chi connectivity index (χ1) is 13.2. The van der Waals surface area contributed by atoms with Gasteiger partial charge in [0.2, 0.25) is 20.0 Å². The number of nitrogens with zero attached hydrogens (tertiary/aromatic N) is 3. The van der Waals surface area contributed by atoms with E-state index in [1.807, 2.05) is 0 Å². The summed E-state index contributed by atoms with van der Waals surface area (Å²) in [6.45, 7) is -0.434. The molecule has 3 rings (SSSR count). The van der Waals surface area contributed by atoms with Crippen LogP contribution >= 0.6 is 11.6 Å². The maximum Gasteiger partial charge on any atom is 0.289 e. The number of halogens is 1. The summed E-state index contributed by atoms with van der Waals surface area (Å²) in [4.78, 5) is 9.92. The molecule has 0 spiro atoms. The minimum absolute atomic E-state index is 0.0494. The van der Waals surface area contributed by atoms with E-state index in [-0.39, 0.29) is 36.1 Å². The molecule has 2 aromatic carbocycles. The van der Waals surface area contributed by atoms with E-state index in [1.165, 1.54) is 30.3 Å². The Morgan fingerprint density at radius 1 is 0.786 bits per heavy atom. The van der Waals surface area contributed by atoms with E-state index in [2.05, 4.69) is 0 Å². The summed E-state index contributed by atoms with van der Waals surface area (Å²) in [6, 6.07) is 11.1. The predicted octanol–water partition coefficient (Wildman–Crippen LogP) is 1.94. The molecule has 9 nitrogen and oxygen atoms in total. The molecule has 0 unspecified atom stereocenters. The molecule has 28 heavy (non-hydrogen) atoms. The van der Waals surface area contributed by atoms with Crippen molar-refractivity contribution in [1.29, 1.82) is 0 Å². The van der Waals surface area contributed by atoms with Gasteiger partial charge in [0.15, 0.2) is 4.90 Å². The first kappa shape index (κ1) is 20.7. The predicted molar refractivity (Wildman–Crippen MR) is 102 cm³/mol. The Morgan fingerprint density at radius 3 is 1.71 bits per heavy atom. The van der Waals surface area contributed by atoms with Crippen molar-refractivity contribution < 1.29 is 21.8 Å². The first-order valence-electron chi connectivity index (χ1n) is 8.14. The van der Waals surface area contributed by atoms with Gasteiger partial charge in [-0.3, -0.25) is 10.1 Å². The van der Waals surface area contributed by atoms with E-state index >= 15 is 0 Å². The molecular formula is C16H16ClN3O6S2. The van der Waals surface area contributed by atoms with Crippen LogP contribution in [-0.4, -0.2) is 56.5 Å². The Bertz CT molecular complexity index is 1110. The minimum Gasteiger partial charge on any atom is -0.258 e. The van der Waals surface area contributed by atoms with Gasteiger partial charge in [-0.15, -0.1) is 0 Å². The number of sulfonamides is 2. The zero-order valence-electron chi connectivity index (χ0n) is 14.4. The molecule has 150 valence electrons. The van der Waals surface area contributed by atoms with Crippen molar-refractivity contribution in [3.63, 3.8) is 0 Å². The van der Waals surface area contributed by atoms with Crippen LogP contribution in [0.2, 0.25) is 5.02 Å². The van der Waals surface area contributed by atoms with E-state index in [9.17, 15) is 26.9 Å². The second-order valence-electron chi connectivity index (χ2n) is 5.96. The molecule has 0 bridgehead atoms. The Hall–Kier alpha value is -2.05. The molecule has 0 radical (unpaired) electrons. The fraction of sp³-hybridized carbons (Fsp3) is 0.250. The maximum absolute atomic E-state index is 12.8. The van der Waals surface area contributed by atoms with Gasteiger partial charge in [-0.05, 0) is 18.2 Å². The zero-order chi connectivity index (χ0) is 20.5. The molecular weight excluding hydrogens is 430 g/mol. The van der Waals surface area contributed by atoms with Gasteiger partial charge in [0.05, 0.1) is 9.95 Å². The molecule has 1 heterocycles. The van der Waals surface area contributed by atoms with E-state index in [0.29, 0.717) is 0 Å². The number of hydrogen-bond donors (Lipinski definition) is 0. The summed E-state index contributed by atoms with van der Waals surface area (Å²) < 4.78 is 53.4. The molecule has 0 aromatic heterocycles. The highest BCUT2D eigenvalue weighted by Crippen LogP contribution is 2.29. The second-order valence-corrected chi connectivity index (χ2v) is 10.2. The van der Waals surface area contributed by atoms with Gasteiger partial charge in [0, 0.05) is 32.2 Å². The number of nitro benzene ring substituents is 1. The Balaban J connectivity index is 1.83. The molecule has 12 heteroatoms. The summed E-state index contributed by atoms with van der Waals surface area (Å²) in [6.07, 6.45) is 0. The monoisotopic (exact) mass is 445 g/mol. The minimum atomic E-state index is -4.14. The molecule has 0 atom stereocenters. The molecule has 0 aliphatic carbocycles. The van der Waals surface area contributed by atoms with Crippen LogP contribution in [0, 0.1) is 10.1 Å². The highest BCUT2D eigenvalue weighted by atomic mass is 35.5. The van der Waals surface area contributed by atoms with Gasteiger partial charge in [0.1, 0.15) is 4.90 Å². The van der Waals surface area contributed by atoms with Gasteiger partial charge >= 0.3 is 0 Å². The van der Waals surface area contributed by atoms with Crippen molar-refractivity contribution in [2.75, 3.05) is 26.2 Å². The third-order valence-electron chi connectivity index (χ3n) is 4.33. The average Bonchev–Trinajstić information content (AvgIpc) is 2.68. The lowest BCUT2D eigenvalue weighted by atomic mass is 10.3. The fourth-order valence-corrected chi connectivity index (χ4v) is 6.40. The number of para-hydroxylation sites is 1. The summed E-state index contributed by atoms with van der Waals surface area (Å²) >= 11 is 5.98. The smallest absolute Gasteiger partial charge is 0.258 e. The van der Waals surface area contributed by atoms with Crippen molar-refractivity contribution in [2.24, 2.45) is 0 Å². The van der Waals surface area contributed by atoms with Crippen molar-refractivity contribution >= 4 is 37.3 Å². The number of hydrogen-bond acceptors (Lipinski definition) is 6. The lowest BCUT2D eigenvalue weighted by Crippen LogP contribution is -2.50. The summed E-state index contributed by atoms with van der Waals surface area (Å²) in [5.41, 5.74) is -0.520. The normalized spacial score (nSPS) is 16.8. The lowest BCUT2D eigenvalue weighted by molar-refractivity contribution is -0.387. The Labute approximate surface area is 167 Å². The van der Waals surface area contributed by atoms with Crippen LogP contribution in [0.5, 0.6) is 0 Å². The largest absolute Gasteiger partial charge is 0.289 e. The molecule has 2 aromatic rings. The lowest BCUT2D eigenvalue weighted by Gasteiger charge is -2.33. The zero-order valence-corrected chi connectivity index (χ0v) is 16.8. The van der Waals surface area contributed by atoms with Crippen LogP contribution in [0.3, 0.4) is 0 Å². The van der Waals surface area contributed by atoms with Crippen LogP contribution in [0.15, 0.2) is 58.3 Å². The topological polar surface area (TPSA) is 118 Å². The number of rotatable bonds is 5. The van der Waals surface area contributed by atoms with Gasteiger partial charge in [0.25, 0.3) is 5.69 Å². The fourth-order valence-electron chi connectivity index (χ4n) is 2.91. The first-order valence-corrected chi connectivity index (χ1v) is 11.4. The standard InChI is InChI=1S/C16H16ClN3O6S2/c17-13-5-1-3-7-15(13)27(23,24)18-9-11-19(12-10-18)28(25,26)16-8-4-2-6-14(16)20(21)22/h1-8H,9-12H2. The molecule has 0 amide bonds. The highest BCUT2D eigenvalue weighted by Gasteiger charge is 2.37. The second kappa shape index (κ2) is 7.76. The van der Waals surface area contributed by atoms with E-state index in [0.717, 1.165) is 14.7 Å². The van der Waals surface area contributed by atoms with Gasteiger partial charge in [-0.2, -0.15) is 8.61 Å². The van der Waals surface area contributed by atoms with Crippen LogP contribution in [0.4, 0.5) is 5.69 Å². The van der Waals surface area contributed by atoms with Crippen molar-refractivity contribution in [3.8, 4) is 0 Å². The number of nitro groups is 1. The number of piperazine rings is 1. The van der Waals surface area contributed by atoms with Crippen molar-refractivity contribution in [1.82, 2.24) is 8.61 Å². The van der Waals surface area contributed by atoms with Gasteiger partial charge < -0.3 is 0 Å². The Morgan fingerprint density at radius 2 is 1.21 bits per heavy atom. The van der Waals surface area contributed by atoms with Crippen LogP contribution in [0.25, 0.3) is 0 Å². The van der Waals surface area contributed by atoms with Gasteiger partial charge in [-0.1, -0.05) is 35.9 Å². The van der Waals surface area contributed by atoms with Gasteiger partial charge in [-0.25, -0.2) is 16.8 Å². The van der Waals surface area contributed by atoms with Crippen LogP contribution < -0.4 is 0 Å². The molecule has 1 aliphatic heterocycles. The third-order valence-corrected chi connectivity index (χ3v) is 8.68. The Kier molecular flexibility index (Phi) is 5.73. The highest BCUT2D eigenvalue weighted by molar-refractivity contribution is 7.89. The quantitative estimate of drug-likeness (QED) is 0.512. The van der Waals surface area contributed by atoms with Crippen molar-refractivity contribution in [3.05, 3.63) is 63.7 Å². The third kappa shape index (κ3) is 3.76. The van der Waals surface area contributed by atoms with E-state index < -0.39 is 35.6 Å². The van der Waals surface area contributed by atoms with E-state index in [4.69, 9.17) is 11.6 Å².